The van der Waals surface area contributed by atoms with Crippen LogP contribution in [-0.2, 0) is 0 Å². The van der Waals surface area contributed by atoms with Crippen LogP contribution in [0.1, 0.15) is 10.4 Å². The molecule has 8 heteroatoms. The second-order valence-corrected chi connectivity index (χ2v) is 8.14. The van der Waals surface area contributed by atoms with Crippen LogP contribution in [0, 0.1) is 0 Å². The maximum atomic E-state index is 12.5. The molecule has 6 nitrogen and oxygen atoms in total. The zero-order valence-electron chi connectivity index (χ0n) is 16.8. The molecule has 2 N–H and O–H groups in total. The maximum Gasteiger partial charge on any atom is 0.344 e. The number of benzene rings is 3. The van der Waals surface area contributed by atoms with Crippen LogP contribution in [0.2, 0.25) is 0 Å². The van der Waals surface area contributed by atoms with E-state index in [4.69, 9.17) is 21.4 Å². The first-order valence-corrected chi connectivity index (χ1v) is 10.7. The molecular weight excluding hydrogens is 492 g/mol. The summed E-state index contributed by atoms with van der Waals surface area (Å²) in [5.74, 6) is 0.152. The average molecular weight is 509 g/mol. The number of para-hydroxylation sites is 1. The number of methoxy groups -OCH3 is 1. The van der Waals surface area contributed by atoms with E-state index >= 15 is 0 Å². The number of fused-ring (bicyclic) bond motifs is 1. The number of amides is 1. The molecule has 0 unspecified atom stereocenters. The van der Waals surface area contributed by atoms with Gasteiger partial charge in [0, 0.05) is 15.4 Å². The highest BCUT2D eigenvalue weighted by Gasteiger charge is 2.14. The Morgan fingerprint density at radius 1 is 1.03 bits per heavy atom. The van der Waals surface area contributed by atoms with Crippen LogP contribution in [0.15, 0.2) is 86.5 Å². The van der Waals surface area contributed by atoms with Gasteiger partial charge in [0.2, 0.25) is 0 Å². The van der Waals surface area contributed by atoms with Gasteiger partial charge in [0.15, 0.2) is 5.11 Å². The van der Waals surface area contributed by atoms with E-state index in [9.17, 15) is 9.59 Å². The zero-order valence-corrected chi connectivity index (χ0v) is 19.2. The van der Waals surface area contributed by atoms with E-state index in [1.807, 2.05) is 18.2 Å². The summed E-state index contributed by atoms with van der Waals surface area (Å²) in [6.45, 7) is 0. The largest absolute Gasteiger partial charge is 0.495 e. The number of halogens is 1. The fourth-order valence-electron chi connectivity index (χ4n) is 3.17. The van der Waals surface area contributed by atoms with Crippen LogP contribution >= 0.6 is 28.1 Å². The SMILES string of the molecule is COc1ccc(-c2cc3ccccc3oc2=O)cc1NC(=S)NC(=O)c1ccc(Br)cc1. The molecule has 1 aromatic heterocycles. The maximum absolute atomic E-state index is 12.5. The molecule has 3 aromatic carbocycles. The summed E-state index contributed by atoms with van der Waals surface area (Å²) in [6.07, 6.45) is 0. The fraction of sp³-hybridized carbons (Fsp3) is 0.0417. The van der Waals surface area contributed by atoms with Gasteiger partial charge in [0.05, 0.1) is 18.4 Å². The van der Waals surface area contributed by atoms with Crippen LogP contribution < -0.4 is 21.0 Å². The number of thiocarbonyl (C=S) groups is 1. The van der Waals surface area contributed by atoms with Gasteiger partial charge in [-0.2, -0.15) is 0 Å². The Bertz CT molecular complexity index is 1380. The third-order valence-electron chi connectivity index (χ3n) is 4.73. The van der Waals surface area contributed by atoms with Crippen molar-refractivity contribution >= 4 is 55.8 Å². The molecule has 0 aliphatic heterocycles. The highest BCUT2D eigenvalue weighted by molar-refractivity contribution is 9.10. The Balaban J connectivity index is 1.60. The van der Waals surface area contributed by atoms with Crippen molar-refractivity contribution < 1.29 is 13.9 Å². The van der Waals surface area contributed by atoms with Gasteiger partial charge in [0.1, 0.15) is 11.3 Å². The number of nitrogens with one attached hydrogen (secondary N) is 2. The van der Waals surface area contributed by atoms with Gasteiger partial charge in [-0.25, -0.2) is 4.79 Å². The van der Waals surface area contributed by atoms with Gasteiger partial charge < -0.3 is 14.5 Å². The van der Waals surface area contributed by atoms with Gasteiger partial charge in [0.25, 0.3) is 5.91 Å². The monoisotopic (exact) mass is 508 g/mol. The smallest absolute Gasteiger partial charge is 0.344 e. The fourth-order valence-corrected chi connectivity index (χ4v) is 3.63. The molecule has 4 aromatic rings. The number of rotatable bonds is 4. The van der Waals surface area contributed by atoms with Gasteiger partial charge in [-0.1, -0.05) is 40.2 Å². The third kappa shape index (κ3) is 4.71. The number of anilines is 1. The summed E-state index contributed by atoms with van der Waals surface area (Å²) in [6, 6.07) is 21.2. The summed E-state index contributed by atoms with van der Waals surface area (Å²) >= 11 is 8.64. The minimum Gasteiger partial charge on any atom is -0.495 e. The molecule has 0 fully saturated rings. The van der Waals surface area contributed by atoms with Crippen molar-refractivity contribution in [3.8, 4) is 16.9 Å². The van der Waals surface area contributed by atoms with Crippen LogP contribution in [-0.4, -0.2) is 18.1 Å². The minimum absolute atomic E-state index is 0.0962. The molecule has 0 atom stereocenters. The highest BCUT2D eigenvalue weighted by atomic mass is 79.9. The topological polar surface area (TPSA) is 80.6 Å². The summed E-state index contributed by atoms with van der Waals surface area (Å²) in [4.78, 5) is 25.0. The van der Waals surface area contributed by atoms with E-state index in [1.54, 1.807) is 54.6 Å². The Hall–Kier alpha value is -3.49. The van der Waals surface area contributed by atoms with Crippen molar-refractivity contribution in [2.75, 3.05) is 12.4 Å². The minimum atomic E-state index is -0.453. The molecule has 1 heterocycles. The Kier molecular flexibility index (Phi) is 6.34. The van der Waals surface area contributed by atoms with Crippen molar-refractivity contribution in [3.63, 3.8) is 0 Å². The van der Waals surface area contributed by atoms with Crippen molar-refractivity contribution in [2.24, 2.45) is 0 Å². The molecular formula is C24H17BrN2O4S. The van der Waals surface area contributed by atoms with Crippen molar-refractivity contribution in [2.45, 2.75) is 0 Å². The zero-order chi connectivity index (χ0) is 22.7. The van der Waals surface area contributed by atoms with Crippen molar-refractivity contribution in [1.82, 2.24) is 5.32 Å². The van der Waals surface area contributed by atoms with Crippen molar-refractivity contribution in [1.29, 1.82) is 0 Å². The third-order valence-corrected chi connectivity index (χ3v) is 5.47. The first-order chi connectivity index (χ1) is 15.4. The molecule has 160 valence electrons. The van der Waals surface area contributed by atoms with E-state index in [0.717, 1.165) is 9.86 Å². The molecule has 1 amide bonds. The van der Waals surface area contributed by atoms with E-state index < -0.39 is 5.63 Å². The predicted molar refractivity (Wildman–Crippen MR) is 132 cm³/mol. The molecule has 0 aliphatic rings. The first kappa shape index (κ1) is 21.7. The number of carbonyl (C=O) groups excluding carboxylic acids is 1. The first-order valence-electron chi connectivity index (χ1n) is 9.54. The molecule has 0 saturated heterocycles. The lowest BCUT2D eigenvalue weighted by Gasteiger charge is -2.14. The molecule has 0 radical (unpaired) electrons. The Morgan fingerprint density at radius 3 is 2.53 bits per heavy atom. The quantitative estimate of drug-likeness (QED) is 0.285. The van der Waals surface area contributed by atoms with Crippen LogP contribution in [0.3, 0.4) is 0 Å². The molecule has 0 aliphatic carbocycles. The van der Waals surface area contributed by atoms with Crippen LogP contribution in [0.5, 0.6) is 5.75 Å². The van der Waals surface area contributed by atoms with Gasteiger partial charge in [-0.3, -0.25) is 10.1 Å². The number of hydrogen-bond acceptors (Lipinski definition) is 5. The molecule has 32 heavy (non-hydrogen) atoms. The lowest BCUT2D eigenvalue weighted by atomic mass is 10.0. The van der Waals surface area contributed by atoms with Crippen molar-refractivity contribution in [3.05, 3.63) is 93.3 Å². The molecule has 0 spiro atoms. The summed E-state index contributed by atoms with van der Waals surface area (Å²) in [7, 11) is 1.52. The van der Waals surface area contributed by atoms with E-state index in [-0.39, 0.29) is 11.0 Å². The molecule has 0 bridgehead atoms. The Morgan fingerprint density at radius 2 is 1.78 bits per heavy atom. The summed E-state index contributed by atoms with van der Waals surface area (Å²) in [5, 5.41) is 6.52. The second kappa shape index (κ2) is 9.33. The lowest BCUT2D eigenvalue weighted by Crippen LogP contribution is -2.34. The number of ether oxygens (including phenoxy) is 1. The van der Waals surface area contributed by atoms with E-state index in [0.29, 0.717) is 33.7 Å². The average Bonchev–Trinajstić information content (AvgIpc) is 2.79. The van der Waals surface area contributed by atoms with Gasteiger partial charge in [-0.15, -0.1) is 0 Å². The number of carbonyl (C=O) groups is 1. The Labute approximate surface area is 197 Å². The van der Waals surface area contributed by atoms with Gasteiger partial charge >= 0.3 is 5.63 Å². The standard InChI is InChI=1S/C24H17BrN2O4S/c1-30-21-11-8-15(18-12-16-4-2-3-5-20(16)31-23(18)29)13-19(21)26-24(32)27-22(28)14-6-9-17(25)10-7-14/h2-13H,1H3,(H2,26,27,28,32). The van der Waals surface area contributed by atoms with E-state index in [2.05, 4.69) is 26.6 Å². The van der Waals surface area contributed by atoms with E-state index in [1.165, 1.54) is 7.11 Å². The second-order valence-electron chi connectivity index (χ2n) is 6.82. The van der Waals surface area contributed by atoms with Gasteiger partial charge in [-0.05, 0) is 66.3 Å². The molecule has 0 saturated carbocycles. The number of hydrogen-bond donors (Lipinski definition) is 2. The summed E-state index contributed by atoms with van der Waals surface area (Å²) < 4.78 is 11.7. The summed E-state index contributed by atoms with van der Waals surface area (Å²) in [5.41, 5.74) is 2.05. The molecule has 4 rings (SSSR count). The van der Waals surface area contributed by atoms with Crippen LogP contribution in [0.25, 0.3) is 22.1 Å². The predicted octanol–water partition coefficient (Wildman–Crippen LogP) is 5.36. The van der Waals surface area contributed by atoms with Crippen LogP contribution in [0.4, 0.5) is 5.69 Å². The lowest BCUT2D eigenvalue weighted by molar-refractivity contribution is 0.0977. The normalized spacial score (nSPS) is 10.6. The highest BCUT2D eigenvalue weighted by Crippen LogP contribution is 2.30.